The van der Waals surface area contributed by atoms with Gasteiger partial charge in [-0.1, -0.05) is 29.4 Å². The molecule has 6 nitrogen and oxygen atoms in total. The van der Waals surface area contributed by atoms with Crippen molar-refractivity contribution in [2.45, 2.75) is 20.1 Å². The average Bonchev–Trinajstić information content (AvgIpc) is 3.29. The molecule has 7 heteroatoms. The van der Waals surface area contributed by atoms with Gasteiger partial charge in [0.25, 0.3) is 5.56 Å². The monoisotopic (exact) mass is 366 g/mol. The molecule has 0 saturated carbocycles. The van der Waals surface area contributed by atoms with E-state index in [1.807, 2.05) is 66.7 Å². The maximum absolute atomic E-state index is 12.9. The van der Waals surface area contributed by atoms with Crippen molar-refractivity contribution >= 4 is 22.1 Å². The standard InChI is InChI=1S/C19H18N4O2S/c1-13-10-14(21-25-13)11-22(2)12-23-19(24)16-7-4-3-6-15(16)18(20-23)17-8-5-9-26-17/h3-10H,11-12H2,1-2H3. The van der Waals surface area contributed by atoms with Crippen molar-refractivity contribution in [2.75, 3.05) is 7.05 Å². The van der Waals surface area contributed by atoms with E-state index in [-0.39, 0.29) is 5.56 Å². The number of fused-ring (bicyclic) bond motifs is 1. The first-order chi connectivity index (χ1) is 12.6. The zero-order valence-corrected chi connectivity index (χ0v) is 15.4. The normalized spacial score (nSPS) is 11.5. The third-order valence-corrected chi connectivity index (χ3v) is 4.98. The first kappa shape index (κ1) is 16.7. The Balaban J connectivity index is 1.73. The van der Waals surface area contributed by atoms with Crippen LogP contribution in [-0.2, 0) is 13.2 Å². The van der Waals surface area contributed by atoms with Crippen LogP contribution in [-0.4, -0.2) is 26.9 Å². The van der Waals surface area contributed by atoms with E-state index < -0.39 is 0 Å². The van der Waals surface area contributed by atoms with Crippen LogP contribution in [0.25, 0.3) is 21.3 Å². The van der Waals surface area contributed by atoms with Crippen LogP contribution in [0.5, 0.6) is 0 Å². The Bertz CT molecular complexity index is 1100. The molecule has 0 aliphatic carbocycles. The highest BCUT2D eigenvalue weighted by atomic mass is 32.1. The van der Waals surface area contributed by atoms with Gasteiger partial charge in [0.15, 0.2) is 0 Å². The molecule has 1 aromatic carbocycles. The lowest BCUT2D eigenvalue weighted by atomic mass is 10.1. The number of aryl methyl sites for hydroxylation is 1. The number of aromatic nitrogens is 3. The number of nitrogens with zero attached hydrogens (tertiary/aromatic N) is 4. The van der Waals surface area contributed by atoms with Crippen molar-refractivity contribution in [1.29, 1.82) is 0 Å². The molecule has 132 valence electrons. The van der Waals surface area contributed by atoms with Gasteiger partial charge >= 0.3 is 0 Å². The molecule has 26 heavy (non-hydrogen) atoms. The van der Waals surface area contributed by atoms with Gasteiger partial charge in [-0.25, -0.2) is 4.68 Å². The number of rotatable bonds is 5. The van der Waals surface area contributed by atoms with E-state index in [1.165, 1.54) is 4.68 Å². The fraction of sp³-hybridized carbons (Fsp3) is 0.211. The van der Waals surface area contributed by atoms with Crippen LogP contribution in [0.3, 0.4) is 0 Å². The molecule has 0 saturated heterocycles. The molecule has 0 spiro atoms. The SMILES string of the molecule is Cc1cc(CN(C)Cn2nc(-c3cccs3)c3ccccc3c2=O)no1. The van der Waals surface area contributed by atoms with E-state index >= 15 is 0 Å². The van der Waals surface area contributed by atoms with Gasteiger partial charge < -0.3 is 4.52 Å². The lowest BCUT2D eigenvalue weighted by Crippen LogP contribution is -2.32. The minimum atomic E-state index is -0.0934. The maximum atomic E-state index is 12.9. The van der Waals surface area contributed by atoms with Crippen LogP contribution in [0.4, 0.5) is 0 Å². The largest absolute Gasteiger partial charge is 0.361 e. The van der Waals surface area contributed by atoms with Crippen LogP contribution in [0.1, 0.15) is 11.5 Å². The predicted octanol–water partition coefficient (Wildman–Crippen LogP) is 3.51. The lowest BCUT2D eigenvalue weighted by Gasteiger charge is -2.17. The van der Waals surface area contributed by atoms with E-state index in [0.29, 0.717) is 18.6 Å². The molecule has 0 unspecified atom stereocenters. The van der Waals surface area contributed by atoms with Crippen molar-refractivity contribution in [2.24, 2.45) is 0 Å². The Morgan fingerprint density at radius 3 is 2.69 bits per heavy atom. The summed E-state index contributed by atoms with van der Waals surface area (Å²) in [6.45, 7) is 2.81. The lowest BCUT2D eigenvalue weighted by molar-refractivity contribution is 0.234. The molecule has 0 aliphatic rings. The third-order valence-electron chi connectivity index (χ3n) is 4.11. The second-order valence-electron chi connectivity index (χ2n) is 6.26. The Labute approximate surface area is 154 Å². The highest BCUT2D eigenvalue weighted by Gasteiger charge is 2.14. The number of hydrogen-bond acceptors (Lipinski definition) is 6. The quantitative estimate of drug-likeness (QED) is 0.541. The molecule has 0 radical (unpaired) electrons. The van der Waals surface area contributed by atoms with Crippen molar-refractivity contribution in [3.63, 3.8) is 0 Å². The van der Waals surface area contributed by atoms with E-state index in [9.17, 15) is 4.79 Å². The number of hydrogen-bond donors (Lipinski definition) is 0. The summed E-state index contributed by atoms with van der Waals surface area (Å²) in [5.41, 5.74) is 1.57. The molecular weight excluding hydrogens is 348 g/mol. The first-order valence-corrected chi connectivity index (χ1v) is 9.14. The topological polar surface area (TPSA) is 64.2 Å². The van der Waals surface area contributed by atoms with Gasteiger partial charge in [0.05, 0.1) is 22.6 Å². The van der Waals surface area contributed by atoms with Crippen LogP contribution in [0.15, 0.2) is 57.2 Å². The fourth-order valence-corrected chi connectivity index (χ4v) is 3.70. The van der Waals surface area contributed by atoms with Gasteiger partial charge in [-0.2, -0.15) is 5.10 Å². The molecule has 4 aromatic rings. The van der Waals surface area contributed by atoms with E-state index in [0.717, 1.165) is 27.4 Å². The van der Waals surface area contributed by atoms with Gasteiger partial charge in [-0.15, -0.1) is 11.3 Å². The zero-order valence-electron chi connectivity index (χ0n) is 14.5. The van der Waals surface area contributed by atoms with Crippen LogP contribution in [0.2, 0.25) is 0 Å². The molecule has 4 rings (SSSR count). The summed E-state index contributed by atoms with van der Waals surface area (Å²) in [5, 5.41) is 12.2. The van der Waals surface area contributed by atoms with Gasteiger partial charge in [-0.05, 0) is 31.5 Å². The maximum Gasteiger partial charge on any atom is 0.275 e. The van der Waals surface area contributed by atoms with E-state index in [1.54, 1.807) is 11.3 Å². The minimum Gasteiger partial charge on any atom is -0.361 e. The predicted molar refractivity (Wildman–Crippen MR) is 102 cm³/mol. The summed E-state index contributed by atoms with van der Waals surface area (Å²) in [7, 11) is 1.93. The van der Waals surface area contributed by atoms with Crippen molar-refractivity contribution < 1.29 is 4.52 Å². The first-order valence-electron chi connectivity index (χ1n) is 8.26. The highest BCUT2D eigenvalue weighted by molar-refractivity contribution is 7.13. The molecule has 0 bridgehead atoms. The Morgan fingerprint density at radius 1 is 1.19 bits per heavy atom. The Kier molecular flexibility index (Phi) is 4.40. The van der Waals surface area contributed by atoms with Crippen LogP contribution < -0.4 is 5.56 Å². The highest BCUT2D eigenvalue weighted by Crippen LogP contribution is 2.28. The average molecular weight is 366 g/mol. The zero-order chi connectivity index (χ0) is 18.1. The van der Waals surface area contributed by atoms with Crippen molar-refractivity contribution in [1.82, 2.24) is 19.8 Å². The molecule has 0 fully saturated rings. The molecule has 0 aliphatic heterocycles. The van der Waals surface area contributed by atoms with E-state index in [2.05, 4.69) is 10.3 Å². The Hall–Kier alpha value is -2.77. The minimum absolute atomic E-state index is 0.0934. The summed E-state index contributed by atoms with van der Waals surface area (Å²) < 4.78 is 6.62. The third kappa shape index (κ3) is 3.18. The molecule has 0 atom stereocenters. The van der Waals surface area contributed by atoms with Crippen LogP contribution in [0, 0.1) is 6.92 Å². The summed E-state index contributed by atoms with van der Waals surface area (Å²) in [5.74, 6) is 0.773. The summed E-state index contributed by atoms with van der Waals surface area (Å²) >= 11 is 1.62. The van der Waals surface area contributed by atoms with Crippen LogP contribution >= 0.6 is 11.3 Å². The van der Waals surface area contributed by atoms with Gasteiger partial charge in [-0.3, -0.25) is 9.69 Å². The molecule has 0 N–H and O–H groups in total. The van der Waals surface area contributed by atoms with Gasteiger partial charge in [0.2, 0.25) is 0 Å². The second kappa shape index (κ2) is 6.86. The van der Waals surface area contributed by atoms with Gasteiger partial charge in [0.1, 0.15) is 11.5 Å². The van der Waals surface area contributed by atoms with E-state index in [4.69, 9.17) is 4.52 Å². The molecule has 3 heterocycles. The second-order valence-corrected chi connectivity index (χ2v) is 7.21. The van der Waals surface area contributed by atoms with Crippen molar-refractivity contribution in [3.05, 3.63) is 69.7 Å². The molecular formula is C19H18N4O2S. The smallest absolute Gasteiger partial charge is 0.275 e. The molecule has 0 amide bonds. The van der Waals surface area contributed by atoms with Gasteiger partial charge in [0, 0.05) is 18.0 Å². The Morgan fingerprint density at radius 2 is 2.00 bits per heavy atom. The summed E-state index contributed by atoms with van der Waals surface area (Å²) in [6, 6.07) is 13.5. The summed E-state index contributed by atoms with van der Waals surface area (Å²) in [6.07, 6.45) is 0. The number of thiophene rings is 1. The summed E-state index contributed by atoms with van der Waals surface area (Å²) in [4.78, 5) is 15.9. The number of benzene rings is 1. The molecule has 3 aromatic heterocycles. The fourth-order valence-electron chi connectivity index (χ4n) is 2.97. The van der Waals surface area contributed by atoms with Crippen molar-refractivity contribution in [3.8, 4) is 10.6 Å².